The second-order valence-electron chi connectivity index (χ2n) is 6.68. The van der Waals surface area contributed by atoms with Crippen LogP contribution >= 0.6 is 0 Å². The van der Waals surface area contributed by atoms with Gasteiger partial charge in [-0.15, -0.1) is 0 Å². The molecule has 1 fully saturated rings. The van der Waals surface area contributed by atoms with Gasteiger partial charge >= 0.3 is 5.97 Å². The first-order valence-electron chi connectivity index (χ1n) is 7.29. The standard InChI is InChI=1S/C15H28O5/c1-14(2)4-6-15(7-5-14,13(17)18)10-12(16)11-20-9-8-19-3/h12,16H,4-11H2,1-3H3,(H,17,18). The summed E-state index contributed by atoms with van der Waals surface area (Å²) in [5, 5.41) is 19.6. The lowest BCUT2D eigenvalue weighted by Crippen LogP contribution is -2.41. The summed E-state index contributed by atoms with van der Waals surface area (Å²) in [6.45, 7) is 5.40. The average Bonchev–Trinajstić information content (AvgIpc) is 2.37. The van der Waals surface area contributed by atoms with E-state index in [9.17, 15) is 15.0 Å². The first kappa shape index (κ1) is 17.4. The van der Waals surface area contributed by atoms with Gasteiger partial charge in [0.15, 0.2) is 0 Å². The zero-order valence-electron chi connectivity index (χ0n) is 12.9. The van der Waals surface area contributed by atoms with E-state index in [1.807, 2.05) is 0 Å². The Kier molecular flexibility index (Phi) is 6.43. The Bertz CT molecular complexity index is 303. The molecule has 0 aliphatic heterocycles. The van der Waals surface area contributed by atoms with Gasteiger partial charge in [0.2, 0.25) is 0 Å². The molecular weight excluding hydrogens is 260 g/mol. The molecule has 20 heavy (non-hydrogen) atoms. The summed E-state index contributed by atoms with van der Waals surface area (Å²) in [6.07, 6.45) is 2.57. The lowest BCUT2D eigenvalue weighted by atomic mass is 9.63. The van der Waals surface area contributed by atoms with Crippen LogP contribution in [0.5, 0.6) is 0 Å². The van der Waals surface area contributed by atoms with Crippen molar-refractivity contribution in [2.45, 2.75) is 52.1 Å². The third-order valence-corrected chi connectivity index (χ3v) is 4.38. The van der Waals surface area contributed by atoms with E-state index in [1.54, 1.807) is 7.11 Å². The van der Waals surface area contributed by atoms with Crippen molar-refractivity contribution in [3.05, 3.63) is 0 Å². The Morgan fingerprint density at radius 1 is 1.20 bits per heavy atom. The molecule has 0 amide bonds. The zero-order valence-corrected chi connectivity index (χ0v) is 12.9. The second-order valence-corrected chi connectivity index (χ2v) is 6.68. The molecule has 2 N–H and O–H groups in total. The summed E-state index contributed by atoms with van der Waals surface area (Å²) in [5.41, 5.74) is -0.585. The van der Waals surface area contributed by atoms with Crippen molar-refractivity contribution in [2.24, 2.45) is 10.8 Å². The number of aliphatic hydroxyl groups is 1. The number of carboxylic acid groups (broad SMARTS) is 1. The summed E-state index contributed by atoms with van der Waals surface area (Å²) in [4.78, 5) is 11.6. The number of aliphatic carboxylic acids is 1. The fraction of sp³-hybridized carbons (Fsp3) is 0.933. The van der Waals surface area contributed by atoms with Crippen LogP contribution in [-0.2, 0) is 14.3 Å². The lowest BCUT2D eigenvalue weighted by molar-refractivity contribution is -0.156. The molecule has 0 bridgehead atoms. The van der Waals surface area contributed by atoms with E-state index in [0.717, 1.165) is 12.8 Å². The van der Waals surface area contributed by atoms with Crippen LogP contribution in [0.15, 0.2) is 0 Å². The Hall–Kier alpha value is -0.650. The molecule has 1 aliphatic carbocycles. The molecule has 1 atom stereocenters. The van der Waals surface area contributed by atoms with Crippen molar-refractivity contribution in [3.8, 4) is 0 Å². The lowest BCUT2D eigenvalue weighted by Gasteiger charge is -2.41. The molecule has 0 heterocycles. The third-order valence-electron chi connectivity index (χ3n) is 4.38. The van der Waals surface area contributed by atoms with Crippen molar-refractivity contribution in [1.82, 2.24) is 0 Å². The molecule has 0 radical (unpaired) electrons. The van der Waals surface area contributed by atoms with Gasteiger partial charge < -0.3 is 19.7 Å². The van der Waals surface area contributed by atoms with Gasteiger partial charge in [0.1, 0.15) is 0 Å². The summed E-state index contributed by atoms with van der Waals surface area (Å²) in [5.74, 6) is -0.788. The first-order valence-corrected chi connectivity index (χ1v) is 7.29. The summed E-state index contributed by atoms with van der Waals surface area (Å²) in [7, 11) is 1.59. The minimum atomic E-state index is -0.792. The van der Waals surface area contributed by atoms with E-state index in [1.165, 1.54) is 0 Å². The van der Waals surface area contributed by atoms with Gasteiger partial charge in [-0.05, 0) is 37.5 Å². The molecule has 0 aromatic heterocycles. The summed E-state index contributed by atoms with van der Waals surface area (Å²) < 4.78 is 10.1. The maximum atomic E-state index is 11.6. The van der Waals surface area contributed by atoms with Crippen LogP contribution in [0.2, 0.25) is 0 Å². The van der Waals surface area contributed by atoms with Crippen molar-refractivity contribution >= 4 is 5.97 Å². The van der Waals surface area contributed by atoms with Gasteiger partial charge in [0.25, 0.3) is 0 Å². The predicted molar refractivity (Wildman–Crippen MR) is 75.6 cm³/mol. The molecule has 0 spiro atoms. The summed E-state index contributed by atoms with van der Waals surface area (Å²) >= 11 is 0. The van der Waals surface area contributed by atoms with Crippen LogP contribution in [0.4, 0.5) is 0 Å². The summed E-state index contributed by atoms with van der Waals surface area (Å²) in [6, 6.07) is 0. The second kappa shape index (κ2) is 7.38. The van der Waals surface area contributed by atoms with Crippen molar-refractivity contribution < 1.29 is 24.5 Å². The molecule has 118 valence electrons. The number of carbonyl (C=O) groups is 1. The number of hydrogen-bond donors (Lipinski definition) is 2. The molecule has 1 aliphatic rings. The van der Waals surface area contributed by atoms with Crippen molar-refractivity contribution in [1.29, 1.82) is 0 Å². The van der Waals surface area contributed by atoms with Crippen LogP contribution in [0.1, 0.15) is 46.0 Å². The fourth-order valence-corrected chi connectivity index (χ4v) is 2.78. The first-order chi connectivity index (χ1) is 9.31. The monoisotopic (exact) mass is 288 g/mol. The Balaban J connectivity index is 2.49. The van der Waals surface area contributed by atoms with E-state index >= 15 is 0 Å². The smallest absolute Gasteiger partial charge is 0.309 e. The van der Waals surface area contributed by atoms with Crippen molar-refractivity contribution in [2.75, 3.05) is 26.9 Å². The van der Waals surface area contributed by atoms with Crippen LogP contribution in [0.3, 0.4) is 0 Å². The Morgan fingerprint density at radius 2 is 1.80 bits per heavy atom. The van der Waals surface area contributed by atoms with E-state index in [2.05, 4.69) is 13.8 Å². The number of hydrogen-bond acceptors (Lipinski definition) is 4. The highest BCUT2D eigenvalue weighted by atomic mass is 16.5. The van der Waals surface area contributed by atoms with E-state index < -0.39 is 17.5 Å². The van der Waals surface area contributed by atoms with Gasteiger partial charge in [-0.3, -0.25) is 4.79 Å². The van der Waals surface area contributed by atoms with E-state index in [-0.39, 0.29) is 18.4 Å². The molecular formula is C15H28O5. The third kappa shape index (κ3) is 5.04. The number of carboxylic acids is 1. The molecule has 0 aromatic carbocycles. The highest BCUT2D eigenvalue weighted by Gasteiger charge is 2.45. The normalized spacial score (nSPS) is 22.4. The maximum Gasteiger partial charge on any atom is 0.309 e. The van der Waals surface area contributed by atoms with E-state index in [4.69, 9.17) is 9.47 Å². The quantitative estimate of drug-likeness (QED) is 0.669. The minimum Gasteiger partial charge on any atom is -0.481 e. The van der Waals surface area contributed by atoms with Gasteiger partial charge in [0, 0.05) is 7.11 Å². The SMILES string of the molecule is COCCOCC(O)CC1(C(=O)O)CCC(C)(C)CC1. The fourth-order valence-electron chi connectivity index (χ4n) is 2.78. The Labute approximate surface area is 121 Å². The molecule has 5 nitrogen and oxygen atoms in total. The van der Waals surface area contributed by atoms with Gasteiger partial charge in [-0.25, -0.2) is 0 Å². The van der Waals surface area contributed by atoms with Crippen LogP contribution < -0.4 is 0 Å². The number of aliphatic hydroxyl groups excluding tert-OH is 1. The van der Waals surface area contributed by atoms with Gasteiger partial charge in [-0.1, -0.05) is 13.8 Å². The molecule has 1 saturated carbocycles. The van der Waals surface area contributed by atoms with Crippen LogP contribution in [-0.4, -0.2) is 49.2 Å². The largest absolute Gasteiger partial charge is 0.481 e. The highest BCUT2D eigenvalue weighted by Crippen LogP contribution is 2.47. The highest BCUT2D eigenvalue weighted by molar-refractivity contribution is 5.74. The molecule has 0 saturated heterocycles. The van der Waals surface area contributed by atoms with Gasteiger partial charge in [0.05, 0.1) is 31.3 Å². The Morgan fingerprint density at radius 3 is 2.30 bits per heavy atom. The van der Waals surface area contributed by atoms with Gasteiger partial charge in [-0.2, -0.15) is 0 Å². The maximum absolute atomic E-state index is 11.6. The molecule has 1 unspecified atom stereocenters. The number of ether oxygens (including phenoxy) is 2. The number of methoxy groups -OCH3 is 1. The van der Waals surface area contributed by atoms with Crippen LogP contribution in [0, 0.1) is 10.8 Å². The average molecular weight is 288 g/mol. The van der Waals surface area contributed by atoms with Crippen molar-refractivity contribution in [3.63, 3.8) is 0 Å². The zero-order chi connectivity index (χ0) is 15.2. The molecule has 5 heteroatoms. The molecule has 1 rings (SSSR count). The number of rotatable bonds is 8. The van der Waals surface area contributed by atoms with Crippen LogP contribution in [0.25, 0.3) is 0 Å². The molecule has 0 aromatic rings. The predicted octanol–water partition coefficient (Wildman–Crippen LogP) is 2.07. The van der Waals surface area contributed by atoms with E-state index in [0.29, 0.717) is 26.1 Å². The topological polar surface area (TPSA) is 76.0 Å². The minimum absolute atomic E-state index is 0.168.